The Morgan fingerprint density at radius 2 is 0.476 bits per heavy atom. The molecule has 0 atom stereocenters. The first-order valence-corrected chi connectivity index (χ1v) is 51.6. The molecular formula is C129H80N10S4. The van der Waals surface area contributed by atoms with Gasteiger partial charge in [0.25, 0.3) is 0 Å². The number of hydrogen-bond donors (Lipinski definition) is 0. The van der Waals surface area contributed by atoms with Crippen molar-refractivity contribution in [2.24, 2.45) is 0 Å². The van der Waals surface area contributed by atoms with Gasteiger partial charge in [0.2, 0.25) is 0 Å². The molecule has 19 aromatic carbocycles. The van der Waals surface area contributed by atoms with Gasteiger partial charge in [-0.1, -0.05) is 335 Å². The van der Waals surface area contributed by atoms with Crippen molar-refractivity contribution in [2.45, 2.75) is 19.3 Å². The van der Waals surface area contributed by atoms with Gasteiger partial charge in [0.1, 0.15) is 0 Å². The highest BCUT2D eigenvalue weighted by molar-refractivity contribution is 7.27. The summed E-state index contributed by atoms with van der Waals surface area (Å²) < 4.78 is 19.3. The van der Waals surface area contributed by atoms with Crippen molar-refractivity contribution in [3.63, 3.8) is 0 Å². The Morgan fingerprint density at radius 1 is 0.189 bits per heavy atom. The first-order valence-electron chi connectivity index (χ1n) is 48.3. The summed E-state index contributed by atoms with van der Waals surface area (Å²) in [4.78, 5) is 30.9. The Bertz CT molecular complexity index is 10400. The summed E-state index contributed by atoms with van der Waals surface area (Å²) in [6.45, 7) is 4.70. The molecule has 0 N–H and O–H groups in total. The van der Waals surface area contributed by atoms with Crippen molar-refractivity contribution in [2.75, 3.05) is 0 Å². The highest BCUT2D eigenvalue weighted by atomic mass is 32.1. The zero-order valence-corrected chi connectivity index (χ0v) is 80.6. The standard InChI is InChI=1S/C46H28N4S.C43H29N3S.C40H23N3S2/c1-3-13-30(14-4-1)46-47-43(45-44(48-46)35-19-9-12-22-40(35)51-45)29-23-25-32(26-24-29)50-37-21-11-8-18-34(37)42-39(50)28-27-38-41(42)33-17-7-10-20-36(33)49(38)31-15-5-2-6-16-31;1-43(2)32-17-9-6-14-29(32)37-33(43)24-25-35-38(37)30-15-7-10-18-34(30)46(35)28-22-20-26(21-23-28)39-41-40(31-16-8-11-19-36(31)47-41)45-42(44-39)27-12-4-3-5-13-27;1-2-10-25(11-3-1)40-41-37(39-38(42-40)29-14-6-9-17-33(29)45-39)24-18-20-26(21-19-24)43-30-15-7-4-12-27(30)35-31(43)22-23-34-36(35)28-13-5-8-16-32(28)44-34/h1-28H;3-25H,1-2H3;1-23H. The Morgan fingerprint density at radius 3 is 0.867 bits per heavy atom. The summed E-state index contributed by atoms with van der Waals surface area (Å²) >= 11 is 7.17. The van der Waals surface area contributed by atoms with Crippen LogP contribution in [0.3, 0.4) is 0 Å². The molecule has 11 heterocycles. The van der Waals surface area contributed by atoms with E-state index in [2.05, 4.69) is 426 Å². The maximum absolute atomic E-state index is 5.21. The maximum Gasteiger partial charge on any atom is 0.160 e. The third kappa shape index (κ3) is 13.0. The summed E-state index contributed by atoms with van der Waals surface area (Å²) in [5, 5.41) is 16.4. The van der Waals surface area contributed by atoms with Crippen LogP contribution in [-0.2, 0) is 5.41 Å². The number of benzene rings is 19. The minimum absolute atomic E-state index is 0.0426. The van der Waals surface area contributed by atoms with Crippen LogP contribution in [0.25, 0.3) is 270 Å². The van der Waals surface area contributed by atoms with E-state index in [0.717, 1.165) is 121 Å². The second-order valence-electron chi connectivity index (χ2n) is 37.3. The Hall–Kier alpha value is -17.5. The van der Waals surface area contributed by atoms with Gasteiger partial charge in [0.05, 0.1) is 91.9 Å². The molecule has 0 amide bonds. The van der Waals surface area contributed by atoms with E-state index in [4.69, 9.17) is 29.9 Å². The summed E-state index contributed by atoms with van der Waals surface area (Å²) in [5.74, 6) is 2.24. The van der Waals surface area contributed by atoms with Crippen LogP contribution in [0.1, 0.15) is 25.0 Å². The van der Waals surface area contributed by atoms with Crippen LogP contribution in [0.2, 0.25) is 0 Å². The molecule has 0 aliphatic heterocycles. The number of nitrogens with zero attached hydrogens (tertiary/aromatic N) is 10. The molecule has 0 radical (unpaired) electrons. The average Bonchev–Trinajstić information content (AvgIpc) is 1.55. The van der Waals surface area contributed by atoms with Crippen LogP contribution >= 0.6 is 45.3 Å². The van der Waals surface area contributed by atoms with E-state index in [0.29, 0.717) is 0 Å². The minimum Gasteiger partial charge on any atom is -0.309 e. The van der Waals surface area contributed by atoms with E-state index in [1.165, 1.54) is 160 Å². The normalized spacial score (nSPS) is 12.5. The lowest BCUT2D eigenvalue weighted by molar-refractivity contribution is 0.661. The fraction of sp³-hybridized carbons (Fsp3) is 0.0233. The minimum atomic E-state index is -0.0426. The molecule has 30 aromatic rings. The molecule has 0 spiro atoms. The smallest absolute Gasteiger partial charge is 0.160 e. The zero-order chi connectivity index (χ0) is 94.2. The lowest BCUT2D eigenvalue weighted by Gasteiger charge is -2.21. The van der Waals surface area contributed by atoms with E-state index in [1.54, 1.807) is 34.0 Å². The van der Waals surface area contributed by atoms with E-state index in [9.17, 15) is 0 Å². The molecule has 0 saturated heterocycles. The van der Waals surface area contributed by atoms with Crippen LogP contribution < -0.4 is 0 Å². The Balaban J connectivity index is 0.000000102. The quantitative estimate of drug-likeness (QED) is 0.135. The summed E-state index contributed by atoms with van der Waals surface area (Å²) in [6, 6.07) is 161. The van der Waals surface area contributed by atoms with Gasteiger partial charge >= 0.3 is 0 Å². The SMILES string of the molecule is CC1(C)c2ccccc2-c2c1ccc1c2c2ccccc2n1-c1ccc(-c2nc(-c3ccccc3)nc3c2sc2ccccc23)cc1.c1ccc(-c2nc(-c3ccc(-n4c5ccccc5c5c6c(ccc54)sc4ccccc46)cc3)c3sc4ccccc4c3n2)cc1.c1ccc(-c2nc(-c3ccc(-n4c5ccccc5c5c6c7ccccc7n(-c7ccccc7)c6ccc54)cc3)c3sc4ccccc4c3n2)cc1. The lowest BCUT2D eigenvalue weighted by Crippen LogP contribution is -2.14. The predicted octanol–water partition coefficient (Wildman–Crippen LogP) is 35.6. The first kappa shape index (κ1) is 82.6. The molecule has 1 aliphatic rings. The van der Waals surface area contributed by atoms with Gasteiger partial charge in [0.15, 0.2) is 17.5 Å². The lowest BCUT2D eigenvalue weighted by atomic mass is 9.82. The second-order valence-corrected chi connectivity index (χ2v) is 41.6. The van der Waals surface area contributed by atoms with Gasteiger partial charge in [-0.3, -0.25) is 0 Å². The van der Waals surface area contributed by atoms with Crippen molar-refractivity contribution < 1.29 is 0 Å². The van der Waals surface area contributed by atoms with Gasteiger partial charge in [-0.25, -0.2) is 29.9 Å². The average molecular weight is 1900 g/mol. The topological polar surface area (TPSA) is 97.1 Å². The zero-order valence-electron chi connectivity index (χ0n) is 77.3. The number of fused-ring (bicyclic) bond motifs is 30. The molecule has 1 aliphatic carbocycles. The van der Waals surface area contributed by atoms with Crippen molar-refractivity contribution in [1.82, 2.24) is 48.2 Å². The van der Waals surface area contributed by atoms with Crippen molar-refractivity contribution in [1.29, 1.82) is 0 Å². The van der Waals surface area contributed by atoms with Gasteiger partial charge in [0, 0.05) is 155 Å². The molecule has 10 nitrogen and oxygen atoms in total. The van der Waals surface area contributed by atoms with Gasteiger partial charge in [-0.05, 0) is 150 Å². The van der Waals surface area contributed by atoms with Crippen LogP contribution in [0.15, 0.2) is 449 Å². The van der Waals surface area contributed by atoms with Gasteiger partial charge in [-0.15, -0.1) is 45.3 Å². The molecule has 143 heavy (non-hydrogen) atoms. The highest BCUT2D eigenvalue weighted by Gasteiger charge is 2.38. The third-order valence-corrected chi connectivity index (χ3v) is 33.6. The number of hydrogen-bond acceptors (Lipinski definition) is 10. The van der Waals surface area contributed by atoms with Crippen LogP contribution in [0.4, 0.5) is 0 Å². The predicted molar refractivity (Wildman–Crippen MR) is 605 cm³/mol. The first-order chi connectivity index (χ1) is 70.7. The number of aromatic nitrogens is 10. The van der Waals surface area contributed by atoms with Crippen molar-refractivity contribution >= 4 is 214 Å². The Kier molecular flexibility index (Phi) is 19.0. The molecule has 0 bridgehead atoms. The highest BCUT2D eigenvalue weighted by Crippen LogP contribution is 2.55. The summed E-state index contributed by atoms with van der Waals surface area (Å²) in [6.07, 6.45) is 0. The Labute approximate surface area is 836 Å². The van der Waals surface area contributed by atoms with Gasteiger partial charge in [-0.2, -0.15) is 0 Å². The van der Waals surface area contributed by atoms with E-state index in [-0.39, 0.29) is 5.41 Å². The third-order valence-electron chi connectivity index (χ3n) is 29.0. The van der Waals surface area contributed by atoms with E-state index >= 15 is 0 Å². The molecule has 0 fully saturated rings. The molecule has 0 unspecified atom stereocenters. The molecule has 11 aromatic heterocycles. The number of para-hydroxylation sites is 5. The maximum atomic E-state index is 5.21. The molecule has 0 saturated carbocycles. The van der Waals surface area contributed by atoms with Crippen molar-refractivity contribution in [3.05, 3.63) is 460 Å². The summed E-state index contributed by atoms with van der Waals surface area (Å²) in [5.41, 5.74) is 31.9. The fourth-order valence-electron chi connectivity index (χ4n) is 22.5. The van der Waals surface area contributed by atoms with Crippen molar-refractivity contribution in [3.8, 4) is 102 Å². The second kappa shape index (κ2) is 32.8. The van der Waals surface area contributed by atoms with E-state index in [1.807, 2.05) is 65.9 Å². The molecule has 670 valence electrons. The molecule has 14 heteroatoms. The number of rotatable bonds is 10. The summed E-state index contributed by atoms with van der Waals surface area (Å²) in [7, 11) is 0. The van der Waals surface area contributed by atoms with E-state index < -0.39 is 0 Å². The van der Waals surface area contributed by atoms with Crippen LogP contribution in [0.5, 0.6) is 0 Å². The van der Waals surface area contributed by atoms with Gasteiger partial charge < -0.3 is 18.3 Å². The number of thiophene rings is 4. The largest absolute Gasteiger partial charge is 0.309 e. The fourth-order valence-corrected chi connectivity index (χ4v) is 27.1. The van der Waals surface area contributed by atoms with Crippen LogP contribution in [-0.4, -0.2) is 48.2 Å². The van der Waals surface area contributed by atoms with Crippen LogP contribution in [0, 0.1) is 0 Å². The molecule has 31 rings (SSSR count). The monoisotopic (exact) mass is 1900 g/mol. The molecular weight excluding hydrogens is 1820 g/mol.